The smallest absolute Gasteiger partial charge is 0.336 e. The number of aryl methyl sites for hydroxylation is 1. The first-order valence-electron chi connectivity index (χ1n) is 8.92. The van der Waals surface area contributed by atoms with Gasteiger partial charge in [-0.25, -0.2) is 9.78 Å². The van der Waals surface area contributed by atoms with Crippen LogP contribution in [0, 0.1) is 6.92 Å². The Kier molecular flexibility index (Phi) is 4.34. The summed E-state index contributed by atoms with van der Waals surface area (Å²) in [5.41, 5.74) is 1.72. The van der Waals surface area contributed by atoms with Crippen LogP contribution in [0.25, 0.3) is 11.0 Å². The average Bonchev–Trinajstić information content (AvgIpc) is 2.66. The van der Waals surface area contributed by atoms with Gasteiger partial charge in [0.25, 0.3) is 5.82 Å². The molecule has 6 nitrogen and oxygen atoms in total. The van der Waals surface area contributed by atoms with Crippen molar-refractivity contribution in [3.63, 3.8) is 0 Å². The van der Waals surface area contributed by atoms with Crippen molar-refractivity contribution in [2.24, 2.45) is 0 Å². The van der Waals surface area contributed by atoms with Crippen LogP contribution >= 0.6 is 0 Å². The predicted molar refractivity (Wildman–Crippen MR) is 98.5 cm³/mol. The molecule has 3 N–H and O–H groups in total. The van der Waals surface area contributed by atoms with E-state index in [-0.39, 0.29) is 11.4 Å². The number of aromatic hydroxyl groups is 1. The maximum atomic E-state index is 12.0. The van der Waals surface area contributed by atoms with Crippen molar-refractivity contribution >= 4 is 16.8 Å². The number of rotatable bonds is 3. The number of piperazine rings is 1. The molecule has 1 fully saturated rings. The first kappa shape index (κ1) is 16.6. The minimum absolute atomic E-state index is 0.151. The van der Waals surface area contributed by atoms with E-state index in [2.05, 4.69) is 16.0 Å². The molecule has 1 aliphatic rings. The number of nitrogens with zero attached hydrogens (tertiary/aromatic N) is 1. The largest absolute Gasteiger partial charge is 0.508 e. The second-order valence-electron chi connectivity index (χ2n) is 6.84. The molecule has 0 aliphatic carbocycles. The van der Waals surface area contributed by atoms with Crippen LogP contribution in [0.1, 0.15) is 11.1 Å². The van der Waals surface area contributed by atoms with Crippen LogP contribution in [0.4, 0.5) is 5.82 Å². The van der Waals surface area contributed by atoms with Gasteiger partial charge in [-0.05, 0) is 25.1 Å². The molecule has 0 atom stereocenters. The Labute approximate surface area is 151 Å². The van der Waals surface area contributed by atoms with Crippen molar-refractivity contribution in [3.8, 4) is 5.75 Å². The lowest BCUT2D eigenvalue weighted by Gasteiger charge is -2.28. The lowest BCUT2D eigenvalue weighted by atomic mass is 10.1. The van der Waals surface area contributed by atoms with Gasteiger partial charge in [0.2, 0.25) is 0 Å². The summed E-state index contributed by atoms with van der Waals surface area (Å²) in [6.45, 7) is 6.48. The maximum Gasteiger partial charge on any atom is 0.336 e. The summed E-state index contributed by atoms with van der Waals surface area (Å²) in [4.78, 5) is 19.1. The number of phenolic OH excluding ortho intramolecular Hbond substituents is 1. The number of hydrogen-bond donors (Lipinski definition) is 2. The number of phenols is 1. The van der Waals surface area contributed by atoms with Crippen LogP contribution in [0.5, 0.6) is 5.75 Å². The third-order valence-corrected chi connectivity index (χ3v) is 5.16. The first-order valence-corrected chi connectivity index (χ1v) is 8.92. The standard InChI is InChI=1S/C20H21N3O3/c1-14-17(24)6-5-16-15(12-19(25)26-20(14)16)13-22-8-10-23(11-9-22)18-4-2-3-7-21-18/h2-7,12,24H,8-11,13H2,1H3/p+2. The third-order valence-electron chi connectivity index (χ3n) is 5.16. The Morgan fingerprint density at radius 2 is 2.04 bits per heavy atom. The molecular formula is C20H23N3O3+2. The van der Waals surface area contributed by atoms with Gasteiger partial charge >= 0.3 is 5.63 Å². The van der Waals surface area contributed by atoms with Crippen LogP contribution in [0.3, 0.4) is 0 Å². The van der Waals surface area contributed by atoms with E-state index >= 15 is 0 Å². The molecule has 1 aliphatic heterocycles. The van der Waals surface area contributed by atoms with Crippen LogP contribution < -0.4 is 20.4 Å². The molecule has 2 aromatic heterocycles. The minimum atomic E-state index is -0.363. The van der Waals surface area contributed by atoms with Gasteiger partial charge in [-0.15, -0.1) is 0 Å². The fourth-order valence-corrected chi connectivity index (χ4v) is 3.65. The number of H-pyrrole nitrogens is 1. The summed E-state index contributed by atoms with van der Waals surface area (Å²) >= 11 is 0. The summed E-state index contributed by atoms with van der Waals surface area (Å²) in [5.74, 6) is 1.29. The van der Waals surface area contributed by atoms with E-state index in [1.54, 1.807) is 19.1 Å². The Bertz CT molecular complexity index is 977. The highest BCUT2D eigenvalue weighted by atomic mass is 16.4. The summed E-state index contributed by atoms with van der Waals surface area (Å²) < 4.78 is 5.34. The highest BCUT2D eigenvalue weighted by Gasteiger charge is 2.26. The molecule has 0 spiro atoms. The Morgan fingerprint density at radius 1 is 1.23 bits per heavy atom. The van der Waals surface area contributed by atoms with Gasteiger partial charge < -0.3 is 14.4 Å². The zero-order chi connectivity index (χ0) is 18.1. The second-order valence-corrected chi connectivity index (χ2v) is 6.84. The molecular weight excluding hydrogens is 330 g/mol. The zero-order valence-corrected chi connectivity index (χ0v) is 14.8. The highest BCUT2D eigenvalue weighted by Crippen LogP contribution is 2.27. The van der Waals surface area contributed by atoms with E-state index in [1.165, 1.54) is 4.90 Å². The number of benzene rings is 1. The lowest BCUT2D eigenvalue weighted by Crippen LogP contribution is -3.13. The van der Waals surface area contributed by atoms with E-state index in [4.69, 9.17) is 4.42 Å². The van der Waals surface area contributed by atoms with Crippen molar-refractivity contribution in [1.29, 1.82) is 0 Å². The van der Waals surface area contributed by atoms with E-state index in [1.807, 2.05) is 24.4 Å². The molecule has 26 heavy (non-hydrogen) atoms. The molecule has 134 valence electrons. The van der Waals surface area contributed by atoms with Crippen molar-refractivity contribution in [2.75, 3.05) is 31.1 Å². The van der Waals surface area contributed by atoms with E-state index in [9.17, 15) is 9.90 Å². The van der Waals surface area contributed by atoms with Crippen molar-refractivity contribution in [3.05, 3.63) is 64.1 Å². The molecule has 1 aromatic carbocycles. The van der Waals surface area contributed by atoms with Gasteiger partial charge in [0.1, 0.15) is 44.1 Å². The van der Waals surface area contributed by atoms with E-state index < -0.39 is 0 Å². The predicted octanol–water partition coefficient (Wildman–Crippen LogP) is 0.526. The number of anilines is 1. The van der Waals surface area contributed by atoms with E-state index in [0.29, 0.717) is 11.1 Å². The van der Waals surface area contributed by atoms with Crippen LogP contribution in [0.2, 0.25) is 0 Å². The molecule has 0 unspecified atom stereocenters. The molecule has 0 amide bonds. The van der Waals surface area contributed by atoms with Crippen molar-refractivity contribution in [1.82, 2.24) is 0 Å². The van der Waals surface area contributed by atoms with Crippen molar-refractivity contribution < 1.29 is 19.4 Å². The highest BCUT2D eigenvalue weighted by molar-refractivity contribution is 5.84. The van der Waals surface area contributed by atoms with Gasteiger partial charge in [-0.1, -0.05) is 6.07 Å². The number of aromatic nitrogens is 1. The molecule has 4 rings (SSSR count). The van der Waals surface area contributed by atoms with Gasteiger partial charge in [-0.3, -0.25) is 4.90 Å². The number of hydrogen-bond acceptors (Lipinski definition) is 4. The van der Waals surface area contributed by atoms with Crippen LogP contribution in [0.15, 0.2) is 51.8 Å². The van der Waals surface area contributed by atoms with Gasteiger partial charge in [-0.2, -0.15) is 0 Å². The number of pyridine rings is 1. The van der Waals surface area contributed by atoms with Gasteiger partial charge in [0.15, 0.2) is 0 Å². The molecule has 0 radical (unpaired) electrons. The summed E-state index contributed by atoms with van der Waals surface area (Å²) in [6.07, 6.45) is 1.95. The lowest BCUT2D eigenvalue weighted by molar-refractivity contribution is -0.914. The molecule has 3 aromatic rings. The zero-order valence-electron chi connectivity index (χ0n) is 14.8. The second kappa shape index (κ2) is 6.80. The summed E-state index contributed by atoms with van der Waals surface area (Å²) in [5, 5.41) is 10.8. The maximum absolute atomic E-state index is 12.0. The number of nitrogens with one attached hydrogen (secondary N) is 2. The quantitative estimate of drug-likeness (QED) is 0.674. The number of fused-ring (bicyclic) bond motifs is 1. The molecule has 0 saturated carbocycles. The summed E-state index contributed by atoms with van der Waals surface area (Å²) in [7, 11) is 0. The SMILES string of the molecule is Cc1c(O)ccc2c(C[NH+]3CCN(c4cccc[nH+]4)CC3)cc(=O)oc12. The van der Waals surface area contributed by atoms with E-state index in [0.717, 1.165) is 49.5 Å². The fourth-order valence-electron chi connectivity index (χ4n) is 3.65. The first-order chi connectivity index (χ1) is 12.6. The Hall–Kier alpha value is -2.86. The molecule has 1 saturated heterocycles. The summed E-state index contributed by atoms with van der Waals surface area (Å²) in [6, 6.07) is 11.2. The monoisotopic (exact) mass is 353 g/mol. The van der Waals surface area contributed by atoms with Gasteiger partial charge in [0.05, 0.1) is 6.20 Å². The minimum Gasteiger partial charge on any atom is -0.508 e. The average molecular weight is 353 g/mol. The van der Waals surface area contributed by atoms with Gasteiger partial charge in [0, 0.05) is 28.6 Å². The van der Waals surface area contributed by atoms with Crippen LogP contribution in [-0.2, 0) is 6.54 Å². The molecule has 6 heteroatoms. The van der Waals surface area contributed by atoms with Crippen molar-refractivity contribution in [2.45, 2.75) is 13.5 Å². The normalized spacial score (nSPS) is 15.5. The molecule has 3 heterocycles. The number of quaternary nitrogens is 1. The Balaban J connectivity index is 1.54. The topological polar surface area (TPSA) is 72.3 Å². The fraction of sp³-hybridized carbons (Fsp3) is 0.300. The molecule has 0 bridgehead atoms. The number of aromatic amines is 1. The Morgan fingerprint density at radius 3 is 2.77 bits per heavy atom. The third kappa shape index (κ3) is 3.15. The van der Waals surface area contributed by atoms with Crippen LogP contribution in [-0.4, -0.2) is 31.3 Å².